The highest BCUT2D eigenvalue weighted by atomic mass is 16.2. The summed E-state index contributed by atoms with van der Waals surface area (Å²) in [5, 5.41) is 6.13. The molecule has 2 saturated heterocycles. The second-order valence-corrected chi connectivity index (χ2v) is 6.23. The summed E-state index contributed by atoms with van der Waals surface area (Å²) in [5.41, 5.74) is 0. The largest absolute Gasteiger partial charge is 0.367 e. The predicted molar refractivity (Wildman–Crippen MR) is 89.3 cm³/mol. The first-order chi connectivity index (χ1) is 11.3. The second kappa shape index (κ2) is 8.10. The SMILES string of the molecule is O=C(NCCNc1cnccn1)N1CCCC(N2CCCC2)C1. The Hall–Kier alpha value is -1.89. The van der Waals surface area contributed by atoms with E-state index in [0.717, 1.165) is 25.3 Å². The molecule has 2 aliphatic heterocycles. The van der Waals surface area contributed by atoms with Gasteiger partial charge >= 0.3 is 6.03 Å². The van der Waals surface area contributed by atoms with Crippen LogP contribution in [0.5, 0.6) is 0 Å². The summed E-state index contributed by atoms with van der Waals surface area (Å²) in [6, 6.07) is 0.601. The molecule has 0 aliphatic carbocycles. The second-order valence-electron chi connectivity index (χ2n) is 6.23. The van der Waals surface area contributed by atoms with Crippen LogP contribution in [0.1, 0.15) is 25.7 Å². The van der Waals surface area contributed by atoms with Gasteiger partial charge in [0.25, 0.3) is 0 Å². The van der Waals surface area contributed by atoms with E-state index < -0.39 is 0 Å². The molecule has 2 fully saturated rings. The minimum Gasteiger partial charge on any atom is -0.367 e. The summed E-state index contributed by atoms with van der Waals surface area (Å²) in [5.74, 6) is 0.730. The van der Waals surface area contributed by atoms with Crippen LogP contribution in [0.15, 0.2) is 18.6 Å². The van der Waals surface area contributed by atoms with Crippen molar-refractivity contribution in [3.63, 3.8) is 0 Å². The van der Waals surface area contributed by atoms with Gasteiger partial charge in [-0.1, -0.05) is 0 Å². The number of hydrogen-bond donors (Lipinski definition) is 2. The number of carbonyl (C=O) groups is 1. The normalized spacial score (nSPS) is 22.1. The number of carbonyl (C=O) groups excluding carboxylic acids is 1. The maximum atomic E-state index is 12.3. The van der Waals surface area contributed by atoms with Gasteiger partial charge in [-0.05, 0) is 38.8 Å². The molecule has 1 aromatic heterocycles. The maximum Gasteiger partial charge on any atom is 0.317 e. The molecule has 23 heavy (non-hydrogen) atoms. The average molecular weight is 318 g/mol. The van der Waals surface area contributed by atoms with Crippen molar-refractivity contribution >= 4 is 11.8 Å². The Morgan fingerprint density at radius 1 is 1.17 bits per heavy atom. The zero-order valence-electron chi connectivity index (χ0n) is 13.6. The van der Waals surface area contributed by atoms with Gasteiger partial charge in [-0.3, -0.25) is 9.88 Å². The number of aromatic nitrogens is 2. The van der Waals surface area contributed by atoms with Gasteiger partial charge in [-0.15, -0.1) is 0 Å². The lowest BCUT2D eigenvalue weighted by Gasteiger charge is -2.37. The number of nitrogens with one attached hydrogen (secondary N) is 2. The molecule has 126 valence electrons. The third kappa shape index (κ3) is 4.54. The number of amides is 2. The predicted octanol–water partition coefficient (Wildman–Crippen LogP) is 1.16. The summed E-state index contributed by atoms with van der Waals surface area (Å²) in [6.45, 7) is 5.36. The van der Waals surface area contributed by atoms with E-state index in [9.17, 15) is 4.79 Å². The first-order valence-electron chi connectivity index (χ1n) is 8.59. The molecule has 3 rings (SSSR count). The highest BCUT2D eigenvalue weighted by Gasteiger charge is 2.28. The zero-order chi connectivity index (χ0) is 15.9. The Balaban J connectivity index is 1.37. The lowest BCUT2D eigenvalue weighted by molar-refractivity contribution is 0.125. The first kappa shape index (κ1) is 16.0. The van der Waals surface area contributed by atoms with E-state index in [-0.39, 0.29) is 6.03 Å². The molecule has 0 aromatic carbocycles. The molecule has 2 amide bonds. The topological polar surface area (TPSA) is 73.4 Å². The number of nitrogens with zero attached hydrogens (tertiary/aromatic N) is 4. The van der Waals surface area contributed by atoms with Crippen molar-refractivity contribution in [2.45, 2.75) is 31.7 Å². The molecular formula is C16H26N6O. The van der Waals surface area contributed by atoms with Crippen LogP contribution in [0.4, 0.5) is 10.6 Å². The number of urea groups is 1. The Labute approximate surface area is 137 Å². The Morgan fingerprint density at radius 3 is 2.83 bits per heavy atom. The number of rotatable bonds is 5. The van der Waals surface area contributed by atoms with Crippen LogP contribution < -0.4 is 10.6 Å². The smallest absolute Gasteiger partial charge is 0.317 e. The standard InChI is InChI=1S/C16H26N6O/c23-16(20-8-7-19-15-12-17-5-6-18-15)22-11-3-4-14(13-22)21-9-1-2-10-21/h5-6,12,14H,1-4,7-11,13H2,(H,18,19)(H,20,23). The average Bonchev–Trinajstić information content (AvgIpc) is 3.14. The molecule has 1 unspecified atom stereocenters. The lowest BCUT2D eigenvalue weighted by Crippen LogP contribution is -2.52. The molecule has 0 saturated carbocycles. The molecule has 7 heteroatoms. The number of anilines is 1. The van der Waals surface area contributed by atoms with Crippen LogP contribution in [-0.2, 0) is 0 Å². The molecule has 0 bridgehead atoms. The molecule has 7 nitrogen and oxygen atoms in total. The highest BCUT2D eigenvalue weighted by molar-refractivity contribution is 5.74. The number of hydrogen-bond acceptors (Lipinski definition) is 5. The van der Waals surface area contributed by atoms with Gasteiger partial charge in [0.2, 0.25) is 0 Å². The number of piperidine rings is 1. The summed E-state index contributed by atoms with van der Waals surface area (Å²) < 4.78 is 0. The third-order valence-electron chi connectivity index (χ3n) is 4.61. The number of likely N-dealkylation sites (tertiary alicyclic amines) is 2. The molecule has 1 atom stereocenters. The van der Waals surface area contributed by atoms with Gasteiger partial charge < -0.3 is 15.5 Å². The summed E-state index contributed by atoms with van der Waals surface area (Å²) >= 11 is 0. The van der Waals surface area contributed by atoms with E-state index in [4.69, 9.17) is 0 Å². The van der Waals surface area contributed by atoms with Crippen molar-refractivity contribution in [1.82, 2.24) is 25.1 Å². The van der Waals surface area contributed by atoms with Crippen molar-refractivity contribution in [3.8, 4) is 0 Å². The van der Waals surface area contributed by atoms with Crippen LogP contribution in [0.25, 0.3) is 0 Å². The third-order valence-corrected chi connectivity index (χ3v) is 4.61. The van der Waals surface area contributed by atoms with E-state index in [1.165, 1.54) is 32.4 Å². The fraction of sp³-hybridized carbons (Fsp3) is 0.688. The quantitative estimate of drug-likeness (QED) is 0.797. The zero-order valence-corrected chi connectivity index (χ0v) is 13.6. The van der Waals surface area contributed by atoms with E-state index >= 15 is 0 Å². The Morgan fingerprint density at radius 2 is 2.04 bits per heavy atom. The maximum absolute atomic E-state index is 12.3. The van der Waals surface area contributed by atoms with Crippen LogP contribution in [-0.4, -0.2) is 71.1 Å². The van der Waals surface area contributed by atoms with Crippen molar-refractivity contribution in [1.29, 1.82) is 0 Å². The summed E-state index contributed by atoms with van der Waals surface area (Å²) in [7, 11) is 0. The molecule has 3 heterocycles. The van der Waals surface area contributed by atoms with Gasteiger partial charge in [0.1, 0.15) is 5.82 Å². The Kier molecular flexibility index (Phi) is 5.63. The Bertz CT molecular complexity index is 491. The molecule has 2 aliphatic rings. The van der Waals surface area contributed by atoms with Crippen LogP contribution >= 0.6 is 0 Å². The van der Waals surface area contributed by atoms with E-state index in [0.29, 0.717) is 19.1 Å². The lowest BCUT2D eigenvalue weighted by atomic mass is 10.0. The van der Waals surface area contributed by atoms with E-state index in [1.54, 1.807) is 18.6 Å². The minimum atomic E-state index is 0.0508. The monoisotopic (exact) mass is 318 g/mol. The molecule has 0 spiro atoms. The van der Waals surface area contributed by atoms with Crippen molar-refractivity contribution in [2.24, 2.45) is 0 Å². The van der Waals surface area contributed by atoms with Gasteiger partial charge in [-0.2, -0.15) is 0 Å². The van der Waals surface area contributed by atoms with Crippen molar-refractivity contribution < 1.29 is 4.79 Å². The van der Waals surface area contributed by atoms with Crippen LogP contribution in [0.2, 0.25) is 0 Å². The minimum absolute atomic E-state index is 0.0508. The van der Waals surface area contributed by atoms with E-state index in [2.05, 4.69) is 25.5 Å². The molecule has 0 radical (unpaired) electrons. The van der Waals surface area contributed by atoms with E-state index in [1.807, 2.05) is 4.90 Å². The first-order valence-corrected chi connectivity index (χ1v) is 8.59. The summed E-state index contributed by atoms with van der Waals surface area (Å²) in [4.78, 5) is 25.0. The highest BCUT2D eigenvalue weighted by Crippen LogP contribution is 2.20. The van der Waals surface area contributed by atoms with Gasteiger partial charge in [-0.25, -0.2) is 9.78 Å². The molecular weight excluding hydrogens is 292 g/mol. The van der Waals surface area contributed by atoms with Gasteiger partial charge in [0.05, 0.1) is 6.20 Å². The van der Waals surface area contributed by atoms with Gasteiger partial charge in [0.15, 0.2) is 0 Å². The van der Waals surface area contributed by atoms with Crippen molar-refractivity contribution in [2.75, 3.05) is 44.6 Å². The van der Waals surface area contributed by atoms with Crippen LogP contribution in [0, 0.1) is 0 Å². The fourth-order valence-electron chi connectivity index (χ4n) is 3.41. The fourth-order valence-corrected chi connectivity index (χ4v) is 3.41. The van der Waals surface area contributed by atoms with Crippen LogP contribution in [0.3, 0.4) is 0 Å². The molecule has 2 N–H and O–H groups in total. The van der Waals surface area contributed by atoms with Crippen molar-refractivity contribution in [3.05, 3.63) is 18.6 Å². The van der Waals surface area contributed by atoms with Gasteiger partial charge in [0, 0.05) is 44.6 Å². The summed E-state index contributed by atoms with van der Waals surface area (Å²) in [6.07, 6.45) is 9.89. The molecule has 1 aromatic rings.